The van der Waals surface area contributed by atoms with E-state index >= 15 is 0 Å². The lowest BCUT2D eigenvalue weighted by molar-refractivity contribution is 0.0666. The third-order valence-corrected chi connectivity index (χ3v) is 7.33. The number of aromatic nitrogens is 4. The summed E-state index contributed by atoms with van der Waals surface area (Å²) in [7, 11) is 1.76. The summed E-state index contributed by atoms with van der Waals surface area (Å²) in [4.78, 5) is 53.2. The molecule has 4 heterocycles. The third kappa shape index (κ3) is 4.34. The molecule has 0 atom stereocenters. The van der Waals surface area contributed by atoms with Crippen LogP contribution in [0.3, 0.4) is 0 Å². The van der Waals surface area contributed by atoms with E-state index in [9.17, 15) is 14.4 Å². The smallest absolute Gasteiger partial charge is 0.284 e. The van der Waals surface area contributed by atoms with Crippen molar-refractivity contribution < 1.29 is 9.59 Å². The average Bonchev–Trinajstić information content (AvgIpc) is 3.38. The van der Waals surface area contributed by atoms with Crippen LogP contribution in [-0.2, 0) is 7.05 Å². The van der Waals surface area contributed by atoms with Crippen molar-refractivity contribution in [1.29, 1.82) is 0 Å². The fraction of sp³-hybridized carbons (Fsp3) is 0.333. The van der Waals surface area contributed by atoms with Gasteiger partial charge in [0, 0.05) is 20.1 Å². The Labute approximate surface area is 222 Å². The molecular formula is C24H27ClN10O3. The molecular weight excluding hydrogens is 512 g/mol. The van der Waals surface area contributed by atoms with Gasteiger partial charge in [0.1, 0.15) is 5.56 Å². The number of amides is 2. The number of hydrogen-bond acceptors (Lipinski definition) is 9. The second-order valence-electron chi connectivity index (χ2n) is 9.39. The Morgan fingerprint density at radius 2 is 1.79 bits per heavy atom. The number of anilines is 2. The van der Waals surface area contributed by atoms with Gasteiger partial charge in [0.2, 0.25) is 0 Å². The molecule has 0 radical (unpaired) electrons. The Morgan fingerprint density at radius 3 is 2.47 bits per heavy atom. The maximum Gasteiger partial charge on any atom is 0.284 e. The van der Waals surface area contributed by atoms with Gasteiger partial charge in [-0.15, -0.1) is 0 Å². The van der Waals surface area contributed by atoms with Gasteiger partial charge in [-0.3, -0.25) is 29.4 Å². The summed E-state index contributed by atoms with van der Waals surface area (Å²) in [6.45, 7) is 3.03. The van der Waals surface area contributed by atoms with Crippen molar-refractivity contribution in [2.24, 2.45) is 12.0 Å². The van der Waals surface area contributed by atoms with Crippen molar-refractivity contribution in [3.05, 3.63) is 62.8 Å². The lowest BCUT2D eigenvalue weighted by Gasteiger charge is -2.39. The van der Waals surface area contributed by atoms with Crippen molar-refractivity contribution in [3.8, 4) is 5.69 Å². The molecule has 2 aromatic heterocycles. The van der Waals surface area contributed by atoms with Crippen LogP contribution in [0, 0.1) is 6.92 Å². The highest BCUT2D eigenvalue weighted by Crippen LogP contribution is 2.27. The first-order valence-electron chi connectivity index (χ1n) is 12.0. The molecule has 1 aromatic carbocycles. The topological polar surface area (TPSA) is 179 Å². The largest absolute Gasteiger partial charge is 0.382 e. The number of carbonyl (C=O) groups excluding carboxylic acids is 2. The highest BCUT2D eigenvalue weighted by atomic mass is 35.5. The van der Waals surface area contributed by atoms with Crippen LogP contribution in [0.25, 0.3) is 5.69 Å². The molecule has 38 heavy (non-hydrogen) atoms. The number of halogens is 1. The summed E-state index contributed by atoms with van der Waals surface area (Å²) >= 11 is 5.87. The standard InChI is InChI=1S/C24H27ClN10O3/c1-13-15(22(38)35(33(13)2)14-6-4-3-5-7-14)21(37)34-10-8-24(9-11-34)12-28-23(32-24)31-20(36)16-18(26)30-19(27)17(25)29-16/h3-7H,8-12H2,1-2H3,(H4,26,27,30)(H2,28,31,32,36). The van der Waals surface area contributed by atoms with Crippen LogP contribution in [0.4, 0.5) is 11.6 Å². The molecule has 3 aromatic rings. The molecule has 2 amide bonds. The van der Waals surface area contributed by atoms with Crippen LogP contribution in [0.15, 0.2) is 40.1 Å². The lowest BCUT2D eigenvalue weighted by atomic mass is 9.88. The van der Waals surface area contributed by atoms with Gasteiger partial charge in [-0.05, 0) is 31.9 Å². The molecule has 14 heteroatoms. The van der Waals surface area contributed by atoms with E-state index in [1.54, 1.807) is 23.6 Å². The lowest BCUT2D eigenvalue weighted by Crippen LogP contribution is -2.57. The third-order valence-electron chi connectivity index (χ3n) is 7.05. The fourth-order valence-electron chi connectivity index (χ4n) is 4.80. The van der Waals surface area contributed by atoms with E-state index in [-0.39, 0.29) is 45.5 Å². The number of aliphatic imine (C=N–C) groups is 1. The van der Waals surface area contributed by atoms with Gasteiger partial charge >= 0.3 is 0 Å². The maximum atomic E-state index is 13.4. The highest BCUT2D eigenvalue weighted by Gasteiger charge is 2.41. The number of likely N-dealkylation sites (tertiary alicyclic amines) is 1. The van der Waals surface area contributed by atoms with E-state index in [1.807, 2.05) is 30.3 Å². The molecule has 0 aliphatic carbocycles. The van der Waals surface area contributed by atoms with E-state index < -0.39 is 11.4 Å². The quantitative estimate of drug-likeness (QED) is 0.371. The molecule has 2 aliphatic rings. The summed E-state index contributed by atoms with van der Waals surface area (Å²) in [6, 6.07) is 9.20. The zero-order chi connectivity index (χ0) is 27.2. The number of carbonyl (C=O) groups is 2. The second kappa shape index (κ2) is 9.49. The van der Waals surface area contributed by atoms with Crippen LogP contribution in [0.2, 0.25) is 5.15 Å². The fourth-order valence-corrected chi connectivity index (χ4v) is 4.93. The van der Waals surface area contributed by atoms with Gasteiger partial charge in [-0.1, -0.05) is 29.8 Å². The molecule has 1 spiro atoms. The van der Waals surface area contributed by atoms with Gasteiger partial charge in [0.25, 0.3) is 17.4 Å². The van der Waals surface area contributed by atoms with Gasteiger partial charge in [-0.2, -0.15) is 0 Å². The van der Waals surface area contributed by atoms with Crippen LogP contribution in [0.5, 0.6) is 0 Å². The number of nitrogens with zero attached hydrogens (tertiary/aromatic N) is 6. The molecule has 1 fully saturated rings. The number of nitrogens with one attached hydrogen (secondary N) is 2. The summed E-state index contributed by atoms with van der Waals surface area (Å²) in [6.07, 6.45) is 1.16. The Balaban J connectivity index is 1.24. The van der Waals surface area contributed by atoms with Crippen molar-refractivity contribution in [2.45, 2.75) is 25.3 Å². The number of nitrogen functional groups attached to an aromatic ring is 2. The molecule has 0 unspecified atom stereocenters. The van der Waals surface area contributed by atoms with Gasteiger partial charge in [0.05, 0.1) is 23.5 Å². The summed E-state index contributed by atoms with van der Waals surface area (Å²) < 4.78 is 3.20. The molecule has 1 saturated heterocycles. The normalized spacial score (nSPS) is 16.3. The Kier molecular flexibility index (Phi) is 6.31. The van der Waals surface area contributed by atoms with E-state index in [4.69, 9.17) is 23.1 Å². The van der Waals surface area contributed by atoms with E-state index in [1.165, 1.54) is 4.68 Å². The monoisotopic (exact) mass is 538 g/mol. The summed E-state index contributed by atoms with van der Waals surface area (Å²) in [5.41, 5.74) is 11.9. The number of nitrogens with two attached hydrogens (primary N) is 2. The van der Waals surface area contributed by atoms with Crippen LogP contribution >= 0.6 is 11.6 Å². The second-order valence-corrected chi connectivity index (χ2v) is 9.74. The van der Waals surface area contributed by atoms with Crippen LogP contribution in [-0.4, -0.2) is 67.2 Å². The Hall–Kier alpha value is -4.39. The Morgan fingerprint density at radius 1 is 1.11 bits per heavy atom. The number of piperidine rings is 1. The number of guanidine groups is 1. The molecule has 2 aliphatic heterocycles. The number of benzene rings is 1. The zero-order valence-electron chi connectivity index (χ0n) is 20.9. The number of rotatable bonds is 3. The summed E-state index contributed by atoms with van der Waals surface area (Å²) in [5.74, 6) is -0.862. The van der Waals surface area contributed by atoms with Crippen LogP contribution < -0.4 is 27.7 Å². The van der Waals surface area contributed by atoms with E-state index in [0.29, 0.717) is 43.9 Å². The first-order chi connectivity index (χ1) is 18.1. The minimum Gasteiger partial charge on any atom is -0.382 e. The van der Waals surface area contributed by atoms with Crippen molar-refractivity contribution in [2.75, 3.05) is 31.1 Å². The summed E-state index contributed by atoms with van der Waals surface area (Å²) in [5, 5.41) is 5.79. The average molecular weight is 539 g/mol. The van der Waals surface area contributed by atoms with Gasteiger partial charge in [-0.25, -0.2) is 14.6 Å². The minimum atomic E-state index is -0.623. The minimum absolute atomic E-state index is 0.0676. The van der Waals surface area contributed by atoms with E-state index in [2.05, 4.69) is 25.6 Å². The van der Waals surface area contributed by atoms with Gasteiger partial charge in [0.15, 0.2) is 28.4 Å². The van der Waals surface area contributed by atoms with Gasteiger partial charge < -0.3 is 21.7 Å². The molecule has 6 N–H and O–H groups in total. The Bertz CT molecular complexity index is 1520. The van der Waals surface area contributed by atoms with E-state index in [0.717, 1.165) is 0 Å². The molecule has 5 rings (SSSR count). The molecule has 0 bridgehead atoms. The van der Waals surface area contributed by atoms with Crippen molar-refractivity contribution in [1.82, 2.24) is 34.9 Å². The maximum absolute atomic E-state index is 13.4. The first kappa shape index (κ1) is 25.3. The molecule has 198 valence electrons. The predicted octanol–water partition coefficient (Wildman–Crippen LogP) is 0.456. The molecule has 13 nitrogen and oxygen atoms in total. The van der Waals surface area contributed by atoms with Crippen molar-refractivity contribution in [3.63, 3.8) is 0 Å². The number of para-hydroxylation sites is 1. The zero-order valence-corrected chi connectivity index (χ0v) is 21.6. The predicted molar refractivity (Wildman–Crippen MR) is 142 cm³/mol. The van der Waals surface area contributed by atoms with Crippen LogP contribution in [0.1, 0.15) is 39.4 Å². The first-order valence-corrected chi connectivity index (χ1v) is 12.3. The molecule has 0 saturated carbocycles. The van der Waals surface area contributed by atoms with Crippen molar-refractivity contribution >= 4 is 41.0 Å². The highest BCUT2D eigenvalue weighted by molar-refractivity contribution is 6.31. The number of hydrogen-bond donors (Lipinski definition) is 4. The SMILES string of the molecule is Cc1c(C(=O)N2CCC3(CC2)CN=C(NC(=O)c2nc(Cl)c(N)nc2N)N3)c(=O)n(-c2ccccc2)n1C.